The van der Waals surface area contributed by atoms with Gasteiger partial charge in [0, 0.05) is 28.6 Å². The van der Waals surface area contributed by atoms with Crippen LogP contribution in [0.1, 0.15) is 45.7 Å². The Labute approximate surface area is 192 Å². The third-order valence-electron chi connectivity index (χ3n) is 5.53. The summed E-state index contributed by atoms with van der Waals surface area (Å²) in [5.41, 5.74) is 3.68. The van der Waals surface area contributed by atoms with Crippen LogP contribution >= 0.6 is 11.9 Å². The summed E-state index contributed by atoms with van der Waals surface area (Å²) < 4.78 is 12.1. The van der Waals surface area contributed by atoms with Gasteiger partial charge in [-0.25, -0.2) is 4.68 Å². The van der Waals surface area contributed by atoms with Gasteiger partial charge >= 0.3 is 0 Å². The van der Waals surface area contributed by atoms with Crippen LogP contribution in [0.2, 0.25) is 0 Å². The number of rotatable bonds is 5. The Balaban J connectivity index is 1.42. The highest BCUT2D eigenvalue weighted by Crippen LogP contribution is 2.46. The van der Waals surface area contributed by atoms with E-state index in [9.17, 15) is 5.11 Å². The second kappa shape index (κ2) is 7.97. The Hall–Kier alpha value is -2.78. The molecular formula is C23H28N6O2S. The van der Waals surface area contributed by atoms with Crippen molar-refractivity contribution in [2.24, 2.45) is 0 Å². The van der Waals surface area contributed by atoms with E-state index in [1.165, 1.54) is 10.5 Å². The van der Waals surface area contributed by atoms with E-state index in [1.54, 1.807) is 36.8 Å². The summed E-state index contributed by atoms with van der Waals surface area (Å²) in [6.45, 7) is 9.65. The van der Waals surface area contributed by atoms with Crippen LogP contribution in [-0.4, -0.2) is 48.4 Å². The molecule has 0 bridgehead atoms. The van der Waals surface area contributed by atoms with E-state index < -0.39 is 5.60 Å². The molecule has 2 aliphatic heterocycles. The van der Waals surface area contributed by atoms with Gasteiger partial charge in [-0.05, 0) is 56.8 Å². The third-order valence-corrected chi connectivity index (χ3v) is 6.72. The fourth-order valence-electron chi connectivity index (χ4n) is 4.10. The molecule has 1 aromatic carbocycles. The number of fused-ring (bicyclic) bond motifs is 2. The summed E-state index contributed by atoms with van der Waals surface area (Å²) in [4.78, 5) is 5.84. The quantitative estimate of drug-likeness (QED) is 0.582. The van der Waals surface area contributed by atoms with E-state index in [2.05, 4.69) is 51.5 Å². The van der Waals surface area contributed by atoms with Gasteiger partial charge in [-0.1, -0.05) is 12.1 Å². The molecule has 2 aliphatic rings. The normalized spacial score (nSPS) is 16.2. The largest absolute Gasteiger partial charge is 0.493 e. The molecule has 1 N–H and O–H groups in total. The SMILES string of the molecule is CC(C)n1ncnc1N1CC2=C(CCOc3cc(-c4cnn(CC(C)(C)O)c4)ccc32)S1. The highest BCUT2D eigenvalue weighted by molar-refractivity contribution is 8.04. The molecule has 32 heavy (non-hydrogen) atoms. The molecule has 0 saturated carbocycles. The van der Waals surface area contributed by atoms with Crippen molar-refractivity contribution in [1.82, 2.24) is 24.5 Å². The molecule has 0 amide bonds. The van der Waals surface area contributed by atoms with Crippen LogP contribution in [0, 0.1) is 0 Å². The van der Waals surface area contributed by atoms with Crippen LogP contribution < -0.4 is 9.04 Å². The van der Waals surface area contributed by atoms with Gasteiger partial charge in [0.15, 0.2) is 0 Å². The molecule has 0 radical (unpaired) electrons. The van der Waals surface area contributed by atoms with Gasteiger partial charge in [0.2, 0.25) is 5.95 Å². The van der Waals surface area contributed by atoms with E-state index in [0.717, 1.165) is 41.4 Å². The second-order valence-corrected chi connectivity index (χ2v) is 10.3. The predicted octanol–water partition coefficient (Wildman–Crippen LogP) is 4.16. The Kier molecular flexibility index (Phi) is 5.25. The van der Waals surface area contributed by atoms with Crippen LogP contribution in [0.25, 0.3) is 16.7 Å². The number of nitrogens with zero attached hydrogens (tertiary/aromatic N) is 6. The molecule has 2 aromatic heterocycles. The molecule has 0 atom stereocenters. The van der Waals surface area contributed by atoms with Gasteiger partial charge in [-0.3, -0.25) is 8.99 Å². The van der Waals surface area contributed by atoms with Crippen LogP contribution in [0.15, 0.2) is 41.8 Å². The van der Waals surface area contributed by atoms with E-state index in [1.807, 2.05) is 17.1 Å². The lowest BCUT2D eigenvalue weighted by molar-refractivity contribution is 0.0577. The fourth-order valence-corrected chi connectivity index (χ4v) is 5.23. The van der Waals surface area contributed by atoms with Crippen molar-refractivity contribution in [2.45, 2.75) is 52.3 Å². The maximum Gasteiger partial charge on any atom is 0.234 e. The van der Waals surface area contributed by atoms with Crippen molar-refractivity contribution in [1.29, 1.82) is 0 Å². The maximum absolute atomic E-state index is 10.1. The van der Waals surface area contributed by atoms with Crippen molar-refractivity contribution in [3.05, 3.63) is 47.4 Å². The highest BCUT2D eigenvalue weighted by atomic mass is 32.2. The zero-order valence-electron chi connectivity index (χ0n) is 18.8. The Morgan fingerprint density at radius 3 is 2.84 bits per heavy atom. The van der Waals surface area contributed by atoms with Gasteiger partial charge in [0.1, 0.15) is 12.1 Å². The third kappa shape index (κ3) is 4.02. The monoisotopic (exact) mass is 452 g/mol. The first kappa shape index (κ1) is 21.1. The van der Waals surface area contributed by atoms with E-state index in [0.29, 0.717) is 13.2 Å². The molecule has 0 fully saturated rings. The smallest absolute Gasteiger partial charge is 0.234 e. The van der Waals surface area contributed by atoms with E-state index >= 15 is 0 Å². The minimum absolute atomic E-state index is 0.254. The molecule has 9 heteroatoms. The molecule has 4 heterocycles. The average molecular weight is 453 g/mol. The zero-order chi connectivity index (χ0) is 22.5. The van der Waals surface area contributed by atoms with Crippen molar-refractivity contribution in [3.8, 4) is 16.9 Å². The fraction of sp³-hybridized carbons (Fsp3) is 0.435. The number of aliphatic hydroxyl groups is 1. The lowest BCUT2D eigenvalue weighted by Gasteiger charge is -2.20. The zero-order valence-corrected chi connectivity index (χ0v) is 19.6. The van der Waals surface area contributed by atoms with Gasteiger partial charge in [0.25, 0.3) is 0 Å². The number of ether oxygens (including phenoxy) is 1. The first-order valence-corrected chi connectivity index (χ1v) is 11.7. The summed E-state index contributed by atoms with van der Waals surface area (Å²) in [7, 11) is 0. The summed E-state index contributed by atoms with van der Waals surface area (Å²) in [5, 5.41) is 18.9. The van der Waals surface area contributed by atoms with Crippen LogP contribution in [-0.2, 0) is 6.54 Å². The predicted molar refractivity (Wildman–Crippen MR) is 126 cm³/mol. The van der Waals surface area contributed by atoms with Crippen molar-refractivity contribution < 1.29 is 9.84 Å². The number of aromatic nitrogens is 5. The molecule has 0 unspecified atom stereocenters. The van der Waals surface area contributed by atoms with Crippen molar-refractivity contribution in [3.63, 3.8) is 0 Å². The lowest BCUT2D eigenvalue weighted by atomic mass is 10.00. The van der Waals surface area contributed by atoms with Crippen LogP contribution in [0.4, 0.5) is 5.95 Å². The number of hydrogen-bond acceptors (Lipinski definition) is 7. The van der Waals surface area contributed by atoms with Gasteiger partial charge < -0.3 is 9.84 Å². The molecule has 0 spiro atoms. The number of benzene rings is 1. The molecule has 168 valence electrons. The highest BCUT2D eigenvalue weighted by Gasteiger charge is 2.31. The van der Waals surface area contributed by atoms with Crippen molar-refractivity contribution >= 4 is 23.5 Å². The summed E-state index contributed by atoms with van der Waals surface area (Å²) >= 11 is 1.74. The van der Waals surface area contributed by atoms with Crippen molar-refractivity contribution in [2.75, 3.05) is 17.5 Å². The van der Waals surface area contributed by atoms with Crippen LogP contribution in [0.5, 0.6) is 5.75 Å². The number of anilines is 1. The van der Waals surface area contributed by atoms with Crippen LogP contribution in [0.3, 0.4) is 0 Å². The minimum Gasteiger partial charge on any atom is -0.493 e. The Bertz CT molecular complexity index is 1170. The summed E-state index contributed by atoms with van der Waals surface area (Å²) in [6, 6.07) is 6.62. The molecule has 3 aromatic rings. The average Bonchev–Trinajstić information content (AvgIpc) is 3.44. The number of hydrogen-bond donors (Lipinski definition) is 1. The second-order valence-electron chi connectivity index (χ2n) is 9.18. The minimum atomic E-state index is -0.811. The van der Waals surface area contributed by atoms with Gasteiger partial charge in [-0.15, -0.1) is 0 Å². The van der Waals surface area contributed by atoms with Gasteiger partial charge in [0.05, 0.1) is 37.5 Å². The van der Waals surface area contributed by atoms with Gasteiger partial charge in [-0.2, -0.15) is 15.2 Å². The van der Waals surface area contributed by atoms with E-state index in [4.69, 9.17) is 4.74 Å². The molecule has 0 aliphatic carbocycles. The Morgan fingerprint density at radius 2 is 2.06 bits per heavy atom. The molecule has 0 saturated heterocycles. The maximum atomic E-state index is 10.1. The molecular weight excluding hydrogens is 424 g/mol. The lowest BCUT2D eigenvalue weighted by Crippen LogP contribution is -2.26. The molecule has 5 rings (SSSR count). The summed E-state index contributed by atoms with van der Waals surface area (Å²) in [6.07, 6.45) is 6.30. The topological polar surface area (TPSA) is 81.2 Å². The Morgan fingerprint density at radius 1 is 1.22 bits per heavy atom. The molecule has 8 nitrogen and oxygen atoms in total. The summed E-state index contributed by atoms with van der Waals surface area (Å²) in [5.74, 6) is 1.78. The standard InChI is InChI=1S/C23H28N6O2S/c1-15(2)29-22(24-14-26-29)28-12-19-18-6-5-16(9-20(18)31-8-7-21(19)32-28)17-10-25-27(11-17)13-23(3,4)30/h5-6,9-11,14-15,30H,7-8,12-13H2,1-4H3. The van der Waals surface area contributed by atoms with E-state index in [-0.39, 0.29) is 6.04 Å². The first-order valence-electron chi connectivity index (χ1n) is 10.9. The first-order chi connectivity index (χ1) is 15.3.